The Hall–Kier alpha value is -2.41. The van der Waals surface area contributed by atoms with Crippen molar-refractivity contribution in [1.29, 1.82) is 0 Å². The molecule has 3 unspecified atom stereocenters. The van der Waals surface area contributed by atoms with Crippen molar-refractivity contribution >= 4 is 17.9 Å². The first-order valence-corrected chi connectivity index (χ1v) is 8.50. The van der Waals surface area contributed by atoms with Crippen molar-refractivity contribution in [2.24, 2.45) is 5.92 Å². The van der Waals surface area contributed by atoms with Gasteiger partial charge in [-0.2, -0.15) is 0 Å². The second-order valence-electron chi connectivity index (χ2n) is 6.44. The van der Waals surface area contributed by atoms with Crippen molar-refractivity contribution in [3.05, 3.63) is 35.5 Å². The Kier molecular flexibility index (Phi) is 6.74. The summed E-state index contributed by atoms with van der Waals surface area (Å²) in [6.45, 7) is 6.30. The van der Waals surface area contributed by atoms with E-state index >= 15 is 0 Å². The van der Waals surface area contributed by atoms with E-state index in [9.17, 15) is 19.5 Å². The molecular weight excluding hydrogens is 340 g/mol. The van der Waals surface area contributed by atoms with Crippen LogP contribution in [0.5, 0.6) is 0 Å². The Labute approximate surface area is 152 Å². The number of aliphatic hydroxyl groups is 1. The molecule has 26 heavy (non-hydrogen) atoms. The quantitative estimate of drug-likeness (QED) is 0.350. The standard InChI is InChI=1S/C19H24O7/c1-11-18-16(25-13(3)22)8-15(10-24-12(2)21)6-4-5-14(9-20)7-17(18)26-19(11)23/h6-7,16-18,20H,1,4-5,8-10H2,2-3H3. The van der Waals surface area contributed by atoms with Crippen molar-refractivity contribution in [2.45, 2.75) is 45.3 Å². The van der Waals surface area contributed by atoms with Crippen LogP contribution in [0.4, 0.5) is 0 Å². The van der Waals surface area contributed by atoms with E-state index in [0.29, 0.717) is 24.8 Å². The highest BCUT2D eigenvalue weighted by atomic mass is 16.6. The summed E-state index contributed by atoms with van der Waals surface area (Å²) in [5.74, 6) is -2.01. The maximum absolute atomic E-state index is 12.0. The summed E-state index contributed by atoms with van der Waals surface area (Å²) in [7, 11) is 0. The predicted octanol–water partition coefficient (Wildman–Crippen LogP) is 1.61. The Morgan fingerprint density at radius 3 is 2.65 bits per heavy atom. The molecule has 1 fully saturated rings. The molecule has 2 rings (SSSR count). The first-order valence-electron chi connectivity index (χ1n) is 8.50. The van der Waals surface area contributed by atoms with Gasteiger partial charge in [0.2, 0.25) is 0 Å². The van der Waals surface area contributed by atoms with Gasteiger partial charge in [-0.25, -0.2) is 4.79 Å². The van der Waals surface area contributed by atoms with E-state index < -0.39 is 36.0 Å². The van der Waals surface area contributed by atoms with Gasteiger partial charge in [-0.3, -0.25) is 9.59 Å². The van der Waals surface area contributed by atoms with Crippen LogP contribution < -0.4 is 0 Å². The monoisotopic (exact) mass is 364 g/mol. The first kappa shape index (κ1) is 19.9. The molecule has 0 radical (unpaired) electrons. The lowest BCUT2D eigenvalue weighted by Crippen LogP contribution is -2.33. The Morgan fingerprint density at radius 2 is 2.04 bits per heavy atom. The second kappa shape index (κ2) is 8.80. The molecule has 0 aromatic carbocycles. The van der Waals surface area contributed by atoms with Gasteiger partial charge in [-0.1, -0.05) is 12.7 Å². The van der Waals surface area contributed by atoms with Crippen LogP contribution in [0.1, 0.15) is 33.1 Å². The molecule has 3 atom stereocenters. The number of rotatable bonds is 4. The molecule has 1 aliphatic carbocycles. The molecule has 0 aromatic heterocycles. The molecule has 142 valence electrons. The predicted molar refractivity (Wildman–Crippen MR) is 91.8 cm³/mol. The molecule has 1 saturated heterocycles. The fourth-order valence-electron chi connectivity index (χ4n) is 3.20. The zero-order valence-corrected chi connectivity index (χ0v) is 15.0. The van der Waals surface area contributed by atoms with Gasteiger partial charge in [-0.05, 0) is 30.1 Å². The lowest BCUT2D eigenvalue weighted by Gasteiger charge is -2.27. The zero-order chi connectivity index (χ0) is 19.3. The number of esters is 3. The molecule has 0 amide bonds. The van der Waals surface area contributed by atoms with E-state index in [0.717, 1.165) is 5.57 Å². The number of aliphatic hydroxyl groups excluding tert-OH is 1. The third kappa shape index (κ3) is 5.05. The Morgan fingerprint density at radius 1 is 1.31 bits per heavy atom. The van der Waals surface area contributed by atoms with E-state index in [1.165, 1.54) is 13.8 Å². The van der Waals surface area contributed by atoms with Crippen LogP contribution in [0, 0.1) is 5.92 Å². The summed E-state index contributed by atoms with van der Waals surface area (Å²) in [5, 5.41) is 9.57. The largest absolute Gasteiger partial charge is 0.461 e. The van der Waals surface area contributed by atoms with E-state index in [-0.39, 0.29) is 18.8 Å². The Balaban J connectivity index is 2.38. The highest BCUT2D eigenvalue weighted by Crippen LogP contribution is 2.36. The van der Waals surface area contributed by atoms with E-state index in [4.69, 9.17) is 14.2 Å². The van der Waals surface area contributed by atoms with Crippen LogP contribution in [0.15, 0.2) is 35.5 Å². The van der Waals surface area contributed by atoms with E-state index in [1.54, 1.807) is 6.08 Å². The summed E-state index contributed by atoms with van der Waals surface area (Å²) >= 11 is 0. The molecule has 0 aromatic rings. The van der Waals surface area contributed by atoms with Crippen molar-refractivity contribution in [1.82, 2.24) is 0 Å². The summed E-state index contributed by atoms with van der Waals surface area (Å²) in [6.07, 6.45) is 3.76. The lowest BCUT2D eigenvalue weighted by atomic mass is 9.85. The highest BCUT2D eigenvalue weighted by Gasteiger charge is 2.44. The number of carbonyl (C=O) groups excluding carboxylic acids is 3. The maximum Gasteiger partial charge on any atom is 0.334 e. The summed E-state index contributed by atoms with van der Waals surface area (Å²) in [4.78, 5) is 34.8. The van der Waals surface area contributed by atoms with Crippen LogP contribution in [-0.4, -0.2) is 48.4 Å². The number of fused-ring (bicyclic) bond motifs is 1. The molecule has 7 nitrogen and oxygen atoms in total. The fraction of sp³-hybridized carbons (Fsp3) is 0.526. The van der Waals surface area contributed by atoms with Crippen molar-refractivity contribution < 1.29 is 33.7 Å². The topological polar surface area (TPSA) is 99.1 Å². The minimum absolute atomic E-state index is 0.0734. The molecule has 7 heteroatoms. The first-order chi connectivity index (χ1) is 12.3. The number of ether oxygens (including phenoxy) is 3. The average Bonchev–Trinajstić information content (AvgIpc) is 2.84. The van der Waals surface area contributed by atoms with Gasteiger partial charge in [0.05, 0.1) is 12.5 Å². The molecular formula is C19H24O7. The van der Waals surface area contributed by atoms with Gasteiger partial charge in [0, 0.05) is 25.8 Å². The molecule has 1 heterocycles. The number of hydrogen-bond acceptors (Lipinski definition) is 7. The zero-order valence-electron chi connectivity index (χ0n) is 15.0. The van der Waals surface area contributed by atoms with E-state index in [2.05, 4.69) is 6.58 Å². The third-order valence-corrected chi connectivity index (χ3v) is 4.41. The number of hydrogen-bond donors (Lipinski definition) is 1. The van der Waals surface area contributed by atoms with Gasteiger partial charge in [0.1, 0.15) is 18.8 Å². The van der Waals surface area contributed by atoms with Gasteiger partial charge >= 0.3 is 17.9 Å². The van der Waals surface area contributed by atoms with Crippen LogP contribution in [0.2, 0.25) is 0 Å². The maximum atomic E-state index is 12.0. The minimum atomic E-state index is -0.687. The highest BCUT2D eigenvalue weighted by molar-refractivity contribution is 5.91. The van der Waals surface area contributed by atoms with Gasteiger partial charge in [0.25, 0.3) is 0 Å². The molecule has 1 N–H and O–H groups in total. The molecule has 0 saturated carbocycles. The average molecular weight is 364 g/mol. The van der Waals surface area contributed by atoms with Crippen LogP contribution in [-0.2, 0) is 28.6 Å². The molecule has 0 spiro atoms. The smallest absolute Gasteiger partial charge is 0.334 e. The normalized spacial score (nSPS) is 26.2. The molecule has 2 aliphatic rings. The molecule has 1 aliphatic heterocycles. The van der Waals surface area contributed by atoms with Gasteiger partial charge < -0.3 is 19.3 Å². The fourth-order valence-corrected chi connectivity index (χ4v) is 3.20. The third-order valence-electron chi connectivity index (χ3n) is 4.41. The van der Waals surface area contributed by atoms with E-state index in [1.807, 2.05) is 6.08 Å². The van der Waals surface area contributed by atoms with Crippen molar-refractivity contribution in [2.75, 3.05) is 13.2 Å². The summed E-state index contributed by atoms with van der Waals surface area (Å²) < 4.78 is 15.9. The summed E-state index contributed by atoms with van der Waals surface area (Å²) in [5.41, 5.74) is 1.72. The SMILES string of the molecule is C=C1C(=O)OC2C=C(CO)CCC=C(COC(C)=O)CC(OC(C)=O)C12. The van der Waals surface area contributed by atoms with Crippen molar-refractivity contribution in [3.8, 4) is 0 Å². The van der Waals surface area contributed by atoms with Crippen LogP contribution in [0.25, 0.3) is 0 Å². The lowest BCUT2D eigenvalue weighted by molar-refractivity contribution is -0.149. The number of carbonyl (C=O) groups is 3. The Bertz CT molecular complexity index is 659. The summed E-state index contributed by atoms with van der Waals surface area (Å²) in [6, 6.07) is 0. The van der Waals surface area contributed by atoms with Crippen molar-refractivity contribution in [3.63, 3.8) is 0 Å². The van der Waals surface area contributed by atoms with Crippen LogP contribution in [0.3, 0.4) is 0 Å². The molecule has 0 bridgehead atoms. The minimum Gasteiger partial charge on any atom is -0.461 e. The van der Waals surface area contributed by atoms with Gasteiger partial charge in [0.15, 0.2) is 0 Å². The van der Waals surface area contributed by atoms with Gasteiger partial charge in [-0.15, -0.1) is 0 Å². The van der Waals surface area contributed by atoms with Crippen LogP contribution >= 0.6 is 0 Å². The second-order valence-corrected chi connectivity index (χ2v) is 6.44. The number of allylic oxidation sites excluding steroid dienone is 1.